The van der Waals surface area contributed by atoms with Crippen LogP contribution < -0.4 is 5.32 Å². The second kappa shape index (κ2) is 4.11. The highest BCUT2D eigenvalue weighted by atomic mass is 79.9. The molecule has 0 radical (unpaired) electrons. The Hall–Kier alpha value is 0.140. The summed E-state index contributed by atoms with van der Waals surface area (Å²) in [6.45, 7) is 0. The maximum absolute atomic E-state index is 3.58. The van der Waals surface area contributed by atoms with Crippen LogP contribution in [0.4, 0.5) is 0 Å². The summed E-state index contributed by atoms with van der Waals surface area (Å²) in [7, 11) is 2.07. The largest absolute Gasteiger partial charge is 0.316 e. The Morgan fingerprint density at radius 3 is 2.92 bits per heavy atom. The van der Waals surface area contributed by atoms with Gasteiger partial charge in [-0.2, -0.15) is 0 Å². The molecule has 1 aromatic heterocycles. The van der Waals surface area contributed by atoms with Gasteiger partial charge < -0.3 is 5.32 Å². The summed E-state index contributed by atoms with van der Waals surface area (Å²) in [4.78, 5) is 1.48. The molecule has 1 N–H and O–H groups in total. The second-order valence-electron chi connectivity index (χ2n) is 3.63. The highest BCUT2D eigenvalue weighted by Crippen LogP contribution is 2.35. The van der Waals surface area contributed by atoms with E-state index in [2.05, 4.69) is 39.7 Å². The van der Waals surface area contributed by atoms with Crippen LogP contribution in [0.1, 0.15) is 17.7 Å². The third kappa shape index (κ3) is 2.33. The molecule has 0 amide bonds. The monoisotopic (exact) mass is 259 g/mol. The van der Waals surface area contributed by atoms with Gasteiger partial charge in [0.25, 0.3) is 0 Å². The summed E-state index contributed by atoms with van der Waals surface area (Å²) >= 11 is 5.43. The van der Waals surface area contributed by atoms with E-state index in [0.29, 0.717) is 6.04 Å². The van der Waals surface area contributed by atoms with Crippen LogP contribution in [-0.2, 0) is 6.42 Å². The summed E-state index contributed by atoms with van der Waals surface area (Å²) < 4.78 is 1.28. The molecule has 1 fully saturated rings. The molecule has 1 atom stereocenters. The van der Waals surface area contributed by atoms with E-state index in [9.17, 15) is 0 Å². The van der Waals surface area contributed by atoms with E-state index in [1.54, 1.807) is 0 Å². The van der Waals surface area contributed by atoms with Crippen LogP contribution >= 0.6 is 27.3 Å². The Labute approximate surface area is 91.7 Å². The average Bonchev–Trinajstić information content (AvgIpc) is 2.88. The van der Waals surface area contributed by atoms with Crippen LogP contribution in [0.5, 0.6) is 0 Å². The molecule has 0 saturated heterocycles. The summed E-state index contributed by atoms with van der Waals surface area (Å²) in [5, 5.41) is 5.57. The molecule has 1 aliphatic carbocycles. The van der Waals surface area contributed by atoms with Gasteiger partial charge in [-0.1, -0.05) is 0 Å². The summed E-state index contributed by atoms with van der Waals surface area (Å²) in [5.74, 6) is 0.930. The molecular formula is C10H14BrNS. The first kappa shape index (κ1) is 9.69. The highest BCUT2D eigenvalue weighted by Gasteiger charge is 2.30. The lowest BCUT2D eigenvalue weighted by atomic mass is 10.1. The van der Waals surface area contributed by atoms with E-state index < -0.39 is 0 Å². The van der Waals surface area contributed by atoms with Crippen molar-refractivity contribution >= 4 is 27.3 Å². The average molecular weight is 260 g/mol. The number of likely N-dealkylation sites (N-methyl/N-ethyl adjacent to an activating group) is 1. The molecule has 1 nitrogen and oxygen atoms in total. The van der Waals surface area contributed by atoms with Gasteiger partial charge in [-0.15, -0.1) is 11.3 Å². The van der Waals surface area contributed by atoms with Gasteiger partial charge in [0.1, 0.15) is 0 Å². The standard InChI is InChI=1S/C10H14BrNS/c1-12-9(7-2-3-7)6-10-8(11)4-5-13-10/h4-5,7,9,12H,2-3,6H2,1H3. The number of nitrogens with one attached hydrogen (secondary N) is 1. The lowest BCUT2D eigenvalue weighted by Crippen LogP contribution is -2.29. The molecule has 1 saturated carbocycles. The molecule has 72 valence electrons. The fourth-order valence-electron chi connectivity index (χ4n) is 1.67. The first-order valence-electron chi connectivity index (χ1n) is 4.70. The third-order valence-electron chi connectivity index (χ3n) is 2.66. The van der Waals surface area contributed by atoms with Gasteiger partial charge in [-0.3, -0.25) is 0 Å². The van der Waals surface area contributed by atoms with E-state index in [1.807, 2.05) is 11.3 Å². The van der Waals surface area contributed by atoms with Crippen LogP contribution in [0.2, 0.25) is 0 Å². The minimum absolute atomic E-state index is 0.690. The Morgan fingerprint density at radius 2 is 2.46 bits per heavy atom. The van der Waals surface area contributed by atoms with Crippen molar-refractivity contribution in [3.63, 3.8) is 0 Å². The Balaban J connectivity index is 1.99. The van der Waals surface area contributed by atoms with E-state index in [1.165, 1.54) is 28.6 Å². The number of halogens is 1. The molecule has 1 aliphatic rings. The van der Waals surface area contributed by atoms with E-state index in [-0.39, 0.29) is 0 Å². The molecule has 1 unspecified atom stereocenters. The van der Waals surface area contributed by atoms with Crippen LogP contribution in [0.25, 0.3) is 0 Å². The number of rotatable bonds is 4. The normalized spacial score (nSPS) is 18.9. The van der Waals surface area contributed by atoms with Crippen molar-refractivity contribution in [1.82, 2.24) is 5.32 Å². The van der Waals surface area contributed by atoms with Crippen molar-refractivity contribution in [3.8, 4) is 0 Å². The quantitative estimate of drug-likeness (QED) is 0.877. The maximum atomic E-state index is 3.58. The number of thiophene rings is 1. The van der Waals surface area contributed by atoms with Gasteiger partial charge in [0.2, 0.25) is 0 Å². The van der Waals surface area contributed by atoms with E-state index >= 15 is 0 Å². The molecule has 0 aromatic carbocycles. The minimum atomic E-state index is 0.690. The summed E-state index contributed by atoms with van der Waals surface area (Å²) in [6.07, 6.45) is 4.00. The predicted octanol–water partition coefficient (Wildman–Crippen LogP) is 3.05. The van der Waals surface area contributed by atoms with Crippen molar-refractivity contribution in [1.29, 1.82) is 0 Å². The number of hydrogen-bond donors (Lipinski definition) is 1. The molecule has 0 aliphatic heterocycles. The fraction of sp³-hybridized carbons (Fsp3) is 0.600. The smallest absolute Gasteiger partial charge is 0.0314 e. The molecule has 0 spiro atoms. The summed E-state index contributed by atoms with van der Waals surface area (Å²) in [5.41, 5.74) is 0. The molecule has 1 heterocycles. The number of hydrogen-bond acceptors (Lipinski definition) is 2. The SMILES string of the molecule is CNC(Cc1sccc1Br)C1CC1. The second-order valence-corrected chi connectivity index (χ2v) is 5.48. The zero-order valence-electron chi connectivity index (χ0n) is 7.72. The molecule has 1 aromatic rings. The van der Waals surface area contributed by atoms with Crippen molar-refractivity contribution in [2.45, 2.75) is 25.3 Å². The molecule has 0 bridgehead atoms. The van der Waals surface area contributed by atoms with Crippen molar-refractivity contribution in [2.75, 3.05) is 7.05 Å². The van der Waals surface area contributed by atoms with Crippen LogP contribution in [0.15, 0.2) is 15.9 Å². The topological polar surface area (TPSA) is 12.0 Å². The van der Waals surface area contributed by atoms with Gasteiger partial charge in [-0.25, -0.2) is 0 Å². The zero-order chi connectivity index (χ0) is 9.26. The van der Waals surface area contributed by atoms with Gasteiger partial charge >= 0.3 is 0 Å². The highest BCUT2D eigenvalue weighted by molar-refractivity contribution is 9.10. The summed E-state index contributed by atoms with van der Waals surface area (Å²) in [6, 6.07) is 2.83. The third-order valence-corrected chi connectivity index (χ3v) is 4.61. The molecule has 2 rings (SSSR count). The predicted molar refractivity (Wildman–Crippen MR) is 61.3 cm³/mol. The van der Waals surface area contributed by atoms with Gasteiger partial charge in [0.05, 0.1) is 0 Å². The lowest BCUT2D eigenvalue weighted by Gasteiger charge is -2.14. The van der Waals surface area contributed by atoms with Crippen molar-refractivity contribution in [3.05, 3.63) is 20.8 Å². The minimum Gasteiger partial charge on any atom is -0.316 e. The Morgan fingerprint density at radius 1 is 1.69 bits per heavy atom. The maximum Gasteiger partial charge on any atom is 0.0314 e. The van der Waals surface area contributed by atoms with Crippen LogP contribution in [0, 0.1) is 5.92 Å². The lowest BCUT2D eigenvalue weighted by molar-refractivity contribution is 0.503. The first-order chi connectivity index (χ1) is 6.31. The van der Waals surface area contributed by atoms with E-state index in [4.69, 9.17) is 0 Å². The molecule has 13 heavy (non-hydrogen) atoms. The van der Waals surface area contributed by atoms with Crippen LogP contribution in [-0.4, -0.2) is 13.1 Å². The van der Waals surface area contributed by atoms with Crippen molar-refractivity contribution in [2.24, 2.45) is 5.92 Å². The Bertz CT molecular complexity index is 280. The van der Waals surface area contributed by atoms with Gasteiger partial charge in [0, 0.05) is 15.4 Å². The van der Waals surface area contributed by atoms with E-state index in [0.717, 1.165) is 5.92 Å². The van der Waals surface area contributed by atoms with Crippen LogP contribution in [0.3, 0.4) is 0 Å². The first-order valence-corrected chi connectivity index (χ1v) is 6.37. The van der Waals surface area contributed by atoms with Gasteiger partial charge in [0.15, 0.2) is 0 Å². The van der Waals surface area contributed by atoms with Crippen molar-refractivity contribution < 1.29 is 0 Å². The molecular weight excluding hydrogens is 246 g/mol. The fourth-order valence-corrected chi connectivity index (χ4v) is 3.25. The molecule has 3 heteroatoms. The Kier molecular flexibility index (Phi) is 3.06. The van der Waals surface area contributed by atoms with Gasteiger partial charge in [-0.05, 0) is 59.6 Å². The zero-order valence-corrected chi connectivity index (χ0v) is 10.1.